The first-order chi connectivity index (χ1) is 15.0. The van der Waals surface area contributed by atoms with Crippen molar-refractivity contribution >= 4 is 11.9 Å². The van der Waals surface area contributed by atoms with E-state index in [0.29, 0.717) is 31.4 Å². The van der Waals surface area contributed by atoms with E-state index in [-0.39, 0.29) is 6.10 Å². The number of amides is 1. The molecule has 1 rings (SSSR count). The first-order valence-corrected chi connectivity index (χ1v) is 12.6. The van der Waals surface area contributed by atoms with Crippen LogP contribution < -0.4 is 0 Å². The number of unbranched alkanes of at least 4 members (excludes halogenated alkanes) is 11. The summed E-state index contributed by atoms with van der Waals surface area (Å²) in [5.74, 6) is -0.353. The number of ether oxygens (including phenoxy) is 1. The Morgan fingerprint density at radius 3 is 1.74 bits per heavy atom. The Hall–Kier alpha value is -1.14. The molecule has 2 N–H and O–H groups in total. The topological polar surface area (TPSA) is 87.1 Å². The minimum atomic E-state index is -0.675. The molecule has 1 saturated heterocycles. The lowest BCUT2D eigenvalue weighted by molar-refractivity contribution is -0.137. The average molecular weight is 444 g/mol. The summed E-state index contributed by atoms with van der Waals surface area (Å²) in [4.78, 5) is 25.0. The monoisotopic (exact) mass is 443 g/mol. The Bertz CT molecular complexity index is 442. The van der Waals surface area contributed by atoms with Crippen molar-refractivity contribution in [1.29, 1.82) is 0 Å². The molecule has 0 aromatic rings. The van der Waals surface area contributed by atoms with E-state index in [1.165, 1.54) is 51.4 Å². The number of hydrogen-bond donors (Lipinski definition) is 2. The maximum Gasteiger partial charge on any atom is 0.303 e. The summed E-state index contributed by atoms with van der Waals surface area (Å²) in [7, 11) is 1.00. The van der Waals surface area contributed by atoms with E-state index >= 15 is 0 Å². The molecule has 1 atom stereocenters. The van der Waals surface area contributed by atoms with Crippen LogP contribution in [0.15, 0.2) is 0 Å². The van der Waals surface area contributed by atoms with Gasteiger partial charge in [-0.05, 0) is 39.5 Å². The third-order valence-electron chi connectivity index (χ3n) is 5.85. The van der Waals surface area contributed by atoms with E-state index < -0.39 is 5.97 Å². The molecule has 6 heteroatoms. The lowest BCUT2D eigenvalue weighted by atomic mass is 10.0. The van der Waals surface area contributed by atoms with Crippen molar-refractivity contribution in [2.75, 3.05) is 20.3 Å². The molecule has 0 saturated carbocycles. The second-order valence-electron chi connectivity index (χ2n) is 8.90. The highest BCUT2D eigenvalue weighted by molar-refractivity contribution is 5.76. The van der Waals surface area contributed by atoms with Gasteiger partial charge in [-0.15, -0.1) is 0 Å². The van der Waals surface area contributed by atoms with Gasteiger partial charge in [-0.2, -0.15) is 0 Å². The van der Waals surface area contributed by atoms with E-state index in [1.807, 2.05) is 13.8 Å². The van der Waals surface area contributed by atoms with Gasteiger partial charge in [0.05, 0.1) is 18.8 Å². The fourth-order valence-corrected chi connectivity index (χ4v) is 4.10. The van der Waals surface area contributed by atoms with E-state index in [9.17, 15) is 9.59 Å². The molecule has 1 aliphatic rings. The minimum absolute atomic E-state index is 0.233. The number of aliphatic hydroxyl groups excluding tert-OH is 1. The van der Waals surface area contributed by atoms with Crippen molar-refractivity contribution in [3.05, 3.63) is 0 Å². The van der Waals surface area contributed by atoms with Crippen molar-refractivity contribution in [1.82, 2.24) is 4.90 Å². The second-order valence-corrected chi connectivity index (χ2v) is 8.90. The molecule has 6 nitrogen and oxygen atoms in total. The first kappa shape index (κ1) is 29.9. The Labute approximate surface area is 190 Å². The van der Waals surface area contributed by atoms with Gasteiger partial charge in [0, 0.05) is 26.5 Å². The number of nitrogens with zero attached hydrogens (tertiary/aromatic N) is 1. The van der Waals surface area contributed by atoms with E-state index in [1.54, 1.807) is 0 Å². The van der Waals surface area contributed by atoms with Crippen LogP contribution in [0.1, 0.15) is 117 Å². The zero-order valence-corrected chi connectivity index (χ0v) is 20.4. The van der Waals surface area contributed by atoms with Gasteiger partial charge in [0.1, 0.15) is 0 Å². The number of aliphatic hydroxyl groups is 1. The fourth-order valence-electron chi connectivity index (χ4n) is 4.10. The predicted octanol–water partition coefficient (Wildman–Crippen LogP) is 5.56. The standard InChI is InChI=1S/C24H45NO4.CH4O/c1-21(2)29-20-22-16-15-19-25(22)23(26)17-13-11-9-7-5-3-4-6-8-10-12-14-18-24(27)28;1-2/h21-22H,3-20H2,1-2H3,(H,27,28);2H,1H3. The fraction of sp³-hybridized carbons (Fsp3) is 0.920. The van der Waals surface area contributed by atoms with Crippen molar-refractivity contribution in [3.63, 3.8) is 0 Å². The van der Waals surface area contributed by atoms with Crippen LogP contribution in [0.3, 0.4) is 0 Å². The Kier molecular flexibility index (Phi) is 20.0. The third-order valence-corrected chi connectivity index (χ3v) is 5.85. The SMILES string of the molecule is CC(C)OCC1CCCN1C(=O)CCCCCCCCCCCCCCC(=O)O.CO. The summed E-state index contributed by atoms with van der Waals surface area (Å²) < 4.78 is 5.72. The van der Waals surface area contributed by atoms with Crippen LogP contribution in [0.4, 0.5) is 0 Å². The van der Waals surface area contributed by atoms with E-state index in [0.717, 1.165) is 52.2 Å². The molecular formula is C25H49NO5. The van der Waals surface area contributed by atoms with Crippen LogP contribution in [-0.4, -0.2) is 59.4 Å². The Balaban J connectivity index is 0.00000436. The van der Waals surface area contributed by atoms with E-state index in [4.69, 9.17) is 14.9 Å². The number of carbonyl (C=O) groups excluding carboxylic acids is 1. The molecule has 31 heavy (non-hydrogen) atoms. The smallest absolute Gasteiger partial charge is 0.303 e. The maximum atomic E-state index is 12.5. The van der Waals surface area contributed by atoms with Crippen LogP contribution in [0.2, 0.25) is 0 Å². The van der Waals surface area contributed by atoms with Gasteiger partial charge in [0.25, 0.3) is 0 Å². The molecule has 1 heterocycles. The molecule has 0 spiro atoms. The molecule has 184 valence electrons. The Morgan fingerprint density at radius 2 is 1.29 bits per heavy atom. The van der Waals surface area contributed by atoms with Gasteiger partial charge in [-0.1, -0.05) is 64.2 Å². The molecule has 0 radical (unpaired) electrons. The molecule has 1 amide bonds. The quantitative estimate of drug-likeness (QED) is 0.271. The molecule has 1 aliphatic heterocycles. The number of carboxylic acid groups (broad SMARTS) is 1. The zero-order valence-electron chi connectivity index (χ0n) is 20.4. The largest absolute Gasteiger partial charge is 0.481 e. The lowest BCUT2D eigenvalue weighted by Gasteiger charge is -2.25. The molecular weight excluding hydrogens is 394 g/mol. The van der Waals surface area contributed by atoms with Crippen molar-refractivity contribution in [3.8, 4) is 0 Å². The van der Waals surface area contributed by atoms with Crippen molar-refractivity contribution < 1.29 is 24.5 Å². The zero-order chi connectivity index (χ0) is 23.3. The van der Waals surface area contributed by atoms with Crippen LogP contribution in [0.5, 0.6) is 0 Å². The van der Waals surface area contributed by atoms with Gasteiger partial charge >= 0.3 is 5.97 Å². The third kappa shape index (κ3) is 17.1. The van der Waals surface area contributed by atoms with Gasteiger partial charge < -0.3 is 19.8 Å². The van der Waals surface area contributed by atoms with Crippen LogP contribution in [0, 0.1) is 0 Å². The molecule has 1 fully saturated rings. The summed E-state index contributed by atoms with van der Waals surface area (Å²) in [6, 6.07) is 0.294. The summed E-state index contributed by atoms with van der Waals surface area (Å²) in [5.41, 5.74) is 0. The highest BCUT2D eigenvalue weighted by atomic mass is 16.5. The number of carbonyl (C=O) groups is 2. The predicted molar refractivity (Wildman–Crippen MR) is 126 cm³/mol. The summed E-state index contributed by atoms with van der Waals surface area (Å²) in [6.07, 6.45) is 17.6. The van der Waals surface area contributed by atoms with Crippen molar-refractivity contribution in [2.24, 2.45) is 0 Å². The Morgan fingerprint density at radius 1 is 0.839 bits per heavy atom. The number of aliphatic carboxylic acids is 1. The van der Waals surface area contributed by atoms with Crippen LogP contribution in [0.25, 0.3) is 0 Å². The lowest BCUT2D eigenvalue weighted by Crippen LogP contribution is -2.38. The minimum Gasteiger partial charge on any atom is -0.481 e. The number of carboxylic acids is 1. The van der Waals surface area contributed by atoms with Crippen LogP contribution >= 0.6 is 0 Å². The van der Waals surface area contributed by atoms with Gasteiger partial charge in [-0.25, -0.2) is 0 Å². The average Bonchev–Trinajstić information content (AvgIpc) is 3.22. The van der Waals surface area contributed by atoms with E-state index in [2.05, 4.69) is 4.90 Å². The van der Waals surface area contributed by atoms with Crippen LogP contribution in [-0.2, 0) is 14.3 Å². The number of likely N-dealkylation sites (tertiary alicyclic amines) is 1. The maximum absolute atomic E-state index is 12.5. The molecule has 0 aromatic heterocycles. The van der Waals surface area contributed by atoms with Gasteiger partial charge in [0.2, 0.25) is 5.91 Å². The molecule has 0 aromatic carbocycles. The highest BCUT2D eigenvalue weighted by Crippen LogP contribution is 2.20. The summed E-state index contributed by atoms with van der Waals surface area (Å²) >= 11 is 0. The summed E-state index contributed by atoms with van der Waals surface area (Å²) in [5, 5.41) is 15.6. The number of rotatable bonds is 18. The number of hydrogen-bond acceptors (Lipinski definition) is 4. The highest BCUT2D eigenvalue weighted by Gasteiger charge is 2.28. The van der Waals surface area contributed by atoms with Gasteiger partial charge in [-0.3, -0.25) is 9.59 Å². The molecule has 1 unspecified atom stereocenters. The first-order valence-electron chi connectivity index (χ1n) is 12.6. The second kappa shape index (κ2) is 20.7. The molecule has 0 aliphatic carbocycles. The van der Waals surface area contributed by atoms with Crippen molar-refractivity contribution in [2.45, 2.75) is 129 Å². The molecule has 0 bridgehead atoms. The summed E-state index contributed by atoms with van der Waals surface area (Å²) in [6.45, 7) is 5.69. The van der Waals surface area contributed by atoms with Gasteiger partial charge in [0.15, 0.2) is 0 Å². The normalized spacial score (nSPS) is 15.8.